The molecule has 0 radical (unpaired) electrons. The van der Waals surface area contributed by atoms with Gasteiger partial charge in [-0.2, -0.15) is 0 Å². The normalized spacial score (nSPS) is 13.1. The van der Waals surface area contributed by atoms with Gasteiger partial charge >= 0.3 is 0 Å². The van der Waals surface area contributed by atoms with E-state index in [1.54, 1.807) is 37.3 Å². The summed E-state index contributed by atoms with van der Waals surface area (Å²) in [6.07, 6.45) is 0. The van der Waals surface area contributed by atoms with Crippen molar-refractivity contribution in [1.29, 1.82) is 0 Å². The summed E-state index contributed by atoms with van der Waals surface area (Å²) in [5.74, 6) is 1.35. The van der Waals surface area contributed by atoms with Gasteiger partial charge in [-0.25, -0.2) is 13.1 Å². The molecular weight excluding hydrogens is 288 g/mol. The second kappa shape index (κ2) is 6.32. The van der Waals surface area contributed by atoms with Gasteiger partial charge < -0.3 is 9.73 Å². The largest absolute Gasteiger partial charge is 0.465 e. The molecule has 2 N–H and O–H groups in total. The van der Waals surface area contributed by atoms with E-state index in [0.717, 1.165) is 5.76 Å². The molecule has 0 saturated heterocycles. The SMILES string of the molecule is CCNc1ccccc1S(=O)(=O)NC(C)c1ccc(C)o1. The monoisotopic (exact) mass is 308 g/mol. The molecule has 1 heterocycles. The van der Waals surface area contributed by atoms with Gasteiger partial charge in [0.05, 0.1) is 11.7 Å². The van der Waals surface area contributed by atoms with Crippen molar-refractivity contribution in [2.45, 2.75) is 31.7 Å². The number of aryl methyl sites for hydroxylation is 1. The van der Waals surface area contributed by atoms with Crippen LogP contribution >= 0.6 is 0 Å². The standard InChI is InChI=1S/C15H20N2O3S/c1-4-16-13-7-5-6-8-15(13)21(18,19)17-12(3)14-10-9-11(2)20-14/h5-10,12,16-17H,4H2,1-3H3. The van der Waals surface area contributed by atoms with E-state index in [1.165, 1.54) is 0 Å². The molecule has 0 saturated carbocycles. The lowest BCUT2D eigenvalue weighted by molar-refractivity contribution is 0.441. The molecule has 0 spiro atoms. The first-order chi connectivity index (χ1) is 9.94. The Labute approximate surface area is 125 Å². The van der Waals surface area contributed by atoms with Crippen molar-refractivity contribution < 1.29 is 12.8 Å². The first kappa shape index (κ1) is 15.6. The first-order valence-electron chi connectivity index (χ1n) is 6.85. The Morgan fingerprint density at radius 2 is 1.90 bits per heavy atom. The minimum absolute atomic E-state index is 0.238. The first-order valence-corrected chi connectivity index (χ1v) is 8.34. The average molecular weight is 308 g/mol. The molecule has 114 valence electrons. The summed E-state index contributed by atoms with van der Waals surface area (Å²) in [5.41, 5.74) is 0.593. The quantitative estimate of drug-likeness (QED) is 0.860. The lowest BCUT2D eigenvalue weighted by atomic mass is 10.3. The third-order valence-corrected chi connectivity index (χ3v) is 4.66. The predicted molar refractivity (Wildman–Crippen MR) is 82.8 cm³/mol. The van der Waals surface area contributed by atoms with Crippen LogP contribution in [0.4, 0.5) is 5.69 Å². The summed E-state index contributed by atoms with van der Waals surface area (Å²) in [4.78, 5) is 0.238. The van der Waals surface area contributed by atoms with Gasteiger partial charge in [-0.15, -0.1) is 0 Å². The number of furan rings is 1. The number of rotatable bonds is 6. The second-order valence-corrected chi connectivity index (χ2v) is 6.50. The fraction of sp³-hybridized carbons (Fsp3) is 0.333. The van der Waals surface area contributed by atoms with Crippen LogP contribution in [0.1, 0.15) is 31.4 Å². The van der Waals surface area contributed by atoms with Crippen molar-refractivity contribution in [3.8, 4) is 0 Å². The number of anilines is 1. The number of benzene rings is 1. The molecule has 21 heavy (non-hydrogen) atoms. The van der Waals surface area contributed by atoms with E-state index in [-0.39, 0.29) is 4.90 Å². The van der Waals surface area contributed by atoms with E-state index in [1.807, 2.05) is 19.9 Å². The van der Waals surface area contributed by atoms with Crippen LogP contribution in [-0.2, 0) is 10.0 Å². The summed E-state index contributed by atoms with van der Waals surface area (Å²) < 4.78 is 33.2. The highest BCUT2D eigenvalue weighted by Gasteiger charge is 2.22. The van der Waals surface area contributed by atoms with Crippen LogP contribution < -0.4 is 10.0 Å². The molecule has 2 aromatic rings. The Kier molecular flexibility index (Phi) is 4.69. The van der Waals surface area contributed by atoms with Crippen molar-refractivity contribution in [3.63, 3.8) is 0 Å². The Morgan fingerprint density at radius 3 is 2.52 bits per heavy atom. The van der Waals surface area contributed by atoms with Crippen LogP contribution in [0, 0.1) is 6.92 Å². The molecule has 0 bridgehead atoms. The fourth-order valence-corrected chi connectivity index (χ4v) is 3.47. The molecular formula is C15H20N2O3S. The van der Waals surface area contributed by atoms with E-state index in [0.29, 0.717) is 18.0 Å². The summed E-state index contributed by atoms with van der Waals surface area (Å²) in [6, 6.07) is 10.00. The fourth-order valence-electron chi connectivity index (χ4n) is 2.08. The highest BCUT2D eigenvalue weighted by Crippen LogP contribution is 2.23. The molecule has 5 nitrogen and oxygen atoms in total. The number of nitrogens with one attached hydrogen (secondary N) is 2. The molecule has 1 aromatic heterocycles. The molecule has 1 unspecified atom stereocenters. The van der Waals surface area contributed by atoms with Crippen molar-refractivity contribution in [1.82, 2.24) is 4.72 Å². The lowest BCUT2D eigenvalue weighted by Gasteiger charge is -2.15. The molecule has 0 aliphatic carbocycles. The number of para-hydroxylation sites is 1. The summed E-state index contributed by atoms with van der Waals surface area (Å²) in [6.45, 7) is 6.15. The topological polar surface area (TPSA) is 71.3 Å². The molecule has 2 rings (SSSR count). The Hall–Kier alpha value is -1.79. The summed E-state index contributed by atoms with van der Waals surface area (Å²) in [7, 11) is -3.62. The summed E-state index contributed by atoms with van der Waals surface area (Å²) >= 11 is 0. The van der Waals surface area contributed by atoms with Crippen molar-refractivity contribution in [2.75, 3.05) is 11.9 Å². The Morgan fingerprint density at radius 1 is 1.19 bits per heavy atom. The van der Waals surface area contributed by atoms with Gasteiger partial charge in [-0.1, -0.05) is 12.1 Å². The minimum atomic E-state index is -3.62. The van der Waals surface area contributed by atoms with Gasteiger partial charge in [0.25, 0.3) is 0 Å². The third-order valence-electron chi connectivity index (χ3n) is 3.06. The van der Waals surface area contributed by atoms with E-state index < -0.39 is 16.1 Å². The zero-order valence-corrected chi connectivity index (χ0v) is 13.2. The van der Waals surface area contributed by atoms with Crippen LogP contribution in [0.25, 0.3) is 0 Å². The van der Waals surface area contributed by atoms with Gasteiger partial charge in [0, 0.05) is 6.54 Å². The predicted octanol–water partition coefficient (Wildman–Crippen LogP) is 3.06. The van der Waals surface area contributed by atoms with E-state index in [4.69, 9.17) is 4.42 Å². The summed E-state index contributed by atoms with van der Waals surface area (Å²) in [5, 5.41) is 3.06. The Bertz CT molecular complexity index is 707. The maximum Gasteiger partial charge on any atom is 0.243 e. The van der Waals surface area contributed by atoms with E-state index in [9.17, 15) is 8.42 Å². The van der Waals surface area contributed by atoms with Crippen LogP contribution in [0.2, 0.25) is 0 Å². The van der Waals surface area contributed by atoms with Gasteiger partial charge in [0.15, 0.2) is 0 Å². The number of hydrogen-bond donors (Lipinski definition) is 2. The second-order valence-electron chi connectivity index (χ2n) is 4.82. The average Bonchev–Trinajstić information content (AvgIpc) is 2.86. The van der Waals surface area contributed by atoms with Crippen LogP contribution in [-0.4, -0.2) is 15.0 Å². The number of sulfonamides is 1. The molecule has 0 fully saturated rings. The molecule has 0 amide bonds. The molecule has 0 aliphatic heterocycles. The van der Waals surface area contributed by atoms with Crippen molar-refractivity contribution >= 4 is 15.7 Å². The highest BCUT2D eigenvalue weighted by molar-refractivity contribution is 7.89. The molecule has 0 aliphatic rings. The van der Waals surface area contributed by atoms with Crippen LogP contribution in [0.5, 0.6) is 0 Å². The third kappa shape index (κ3) is 3.65. The zero-order valence-electron chi connectivity index (χ0n) is 12.4. The highest BCUT2D eigenvalue weighted by atomic mass is 32.2. The Balaban J connectivity index is 2.26. The zero-order chi connectivity index (χ0) is 15.5. The van der Waals surface area contributed by atoms with Gasteiger partial charge in [-0.3, -0.25) is 0 Å². The molecule has 6 heteroatoms. The number of hydrogen-bond acceptors (Lipinski definition) is 4. The van der Waals surface area contributed by atoms with E-state index >= 15 is 0 Å². The van der Waals surface area contributed by atoms with Gasteiger partial charge in [0.1, 0.15) is 16.4 Å². The van der Waals surface area contributed by atoms with Gasteiger partial charge in [-0.05, 0) is 45.0 Å². The smallest absolute Gasteiger partial charge is 0.243 e. The maximum absolute atomic E-state index is 12.5. The minimum Gasteiger partial charge on any atom is -0.465 e. The molecule has 1 aromatic carbocycles. The maximum atomic E-state index is 12.5. The van der Waals surface area contributed by atoms with Crippen molar-refractivity contribution in [3.05, 3.63) is 47.9 Å². The van der Waals surface area contributed by atoms with Crippen molar-refractivity contribution in [2.24, 2.45) is 0 Å². The van der Waals surface area contributed by atoms with Crippen LogP contribution in [0.15, 0.2) is 45.7 Å². The van der Waals surface area contributed by atoms with Crippen LogP contribution in [0.3, 0.4) is 0 Å². The van der Waals surface area contributed by atoms with E-state index in [2.05, 4.69) is 10.0 Å². The lowest BCUT2D eigenvalue weighted by Crippen LogP contribution is -2.27. The van der Waals surface area contributed by atoms with Gasteiger partial charge in [0.2, 0.25) is 10.0 Å². The molecule has 1 atom stereocenters.